The maximum absolute atomic E-state index is 14.2. The lowest BCUT2D eigenvalue weighted by molar-refractivity contribution is -0.148. The summed E-state index contributed by atoms with van der Waals surface area (Å²) in [7, 11) is 0. The zero-order valence-corrected chi connectivity index (χ0v) is 23.7. The number of carbonyl (C=O) groups is 2. The van der Waals surface area contributed by atoms with Gasteiger partial charge < -0.3 is 19.9 Å². The molecular formula is C31H43N5O4. The van der Waals surface area contributed by atoms with Crippen molar-refractivity contribution in [2.45, 2.75) is 120 Å². The molecule has 0 radical (unpaired) electrons. The quantitative estimate of drug-likeness (QED) is 0.575. The van der Waals surface area contributed by atoms with Gasteiger partial charge in [-0.15, -0.1) is 0 Å². The number of anilines is 1. The Morgan fingerprint density at radius 2 is 1.52 bits per heavy atom. The minimum Gasteiger partial charge on any atom is -0.480 e. The highest BCUT2D eigenvalue weighted by atomic mass is 16.4. The van der Waals surface area contributed by atoms with Crippen molar-refractivity contribution >= 4 is 28.7 Å². The Kier molecular flexibility index (Phi) is 7.59. The van der Waals surface area contributed by atoms with Gasteiger partial charge >= 0.3 is 5.97 Å². The largest absolute Gasteiger partial charge is 0.480 e. The summed E-state index contributed by atoms with van der Waals surface area (Å²) >= 11 is 0. The smallest absolute Gasteiger partial charge is 0.329 e. The van der Waals surface area contributed by atoms with E-state index < -0.39 is 11.5 Å². The lowest BCUT2D eigenvalue weighted by Crippen LogP contribution is -2.60. The summed E-state index contributed by atoms with van der Waals surface area (Å²) in [5.74, 6) is -0.990. The minimum absolute atomic E-state index is 0.0788. The highest BCUT2D eigenvalue weighted by Crippen LogP contribution is 2.44. The Labute approximate surface area is 235 Å². The summed E-state index contributed by atoms with van der Waals surface area (Å²) in [5, 5.41) is 12.5. The molecule has 2 atom stereocenters. The van der Waals surface area contributed by atoms with Crippen LogP contribution >= 0.6 is 0 Å². The molecule has 9 heteroatoms. The van der Waals surface area contributed by atoms with Crippen LogP contribution in [0.5, 0.6) is 0 Å². The van der Waals surface area contributed by atoms with E-state index in [-0.39, 0.29) is 30.3 Å². The topological polar surface area (TPSA) is 108 Å². The monoisotopic (exact) mass is 549 g/mol. The Morgan fingerprint density at radius 3 is 2.15 bits per heavy atom. The molecule has 2 unspecified atom stereocenters. The van der Waals surface area contributed by atoms with Gasteiger partial charge in [0.15, 0.2) is 5.82 Å². The van der Waals surface area contributed by atoms with E-state index in [9.17, 15) is 19.5 Å². The zero-order valence-electron chi connectivity index (χ0n) is 23.7. The molecule has 4 aliphatic rings. The number of rotatable bonds is 5. The van der Waals surface area contributed by atoms with Crippen molar-refractivity contribution in [1.82, 2.24) is 19.8 Å². The van der Waals surface area contributed by atoms with Gasteiger partial charge in [-0.25, -0.2) is 9.78 Å². The molecule has 2 N–H and O–H groups in total. The van der Waals surface area contributed by atoms with Crippen molar-refractivity contribution in [2.75, 3.05) is 18.0 Å². The van der Waals surface area contributed by atoms with Crippen molar-refractivity contribution in [3.8, 4) is 0 Å². The molecule has 1 aromatic carbocycles. The number of amides is 1. The highest BCUT2D eigenvalue weighted by molar-refractivity contribution is 5.86. The second-order valence-electron chi connectivity index (χ2n) is 12.6. The van der Waals surface area contributed by atoms with E-state index in [2.05, 4.69) is 10.2 Å². The standard InChI is InChI=1S/C31H43N5O4/c1-21(37)33-31(30(39)40)15-17-34(18-16-31)28-29(38)36(27-12-8-7-11-26(27)32-28)25-19-23-13-14-24(20-25)35(23)22-9-5-3-2-4-6-10-22/h7-8,11-12,22-25H,2-6,9-10,13-20H2,1H3,(H,33,37)(H,39,40). The zero-order chi connectivity index (χ0) is 27.9. The minimum atomic E-state index is -1.30. The van der Waals surface area contributed by atoms with Crippen LogP contribution in [-0.4, -0.2) is 68.2 Å². The number of fused-ring (bicyclic) bond motifs is 3. The fraction of sp³-hybridized carbons (Fsp3) is 0.677. The molecule has 4 fully saturated rings. The number of hydrogen-bond donors (Lipinski definition) is 2. The number of benzene rings is 1. The van der Waals surface area contributed by atoms with Gasteiger partial charge in [-0.2, -0.15) is 0 Å². The van der Waals surface area contributed by atoms with E-state index >= 15 is 0 Å². The molecule has 4 heterocycles. The predicted molar refractivity (Wildman–Crippen MR) is 155 cm³/mol. The number of piperidine rings is 2. The SMILES string of the molecule is CC(=O)NC1(C(=O)O)CCN(c2nc3ccccc3n(C3CC4CCC(C3)N4C3CCCCCCC3)c2=O)CC1. The van der Waals surface area contributed by atoms with Crippen LogP contribution in [0.1, 0.15) is 96.4 Å². The number of hydrogen-bond acceptors (Lipinski definition) is 6. The van der Waals surface area contributed by atoms with E-state index in [1.165, 1.54) is 64.7 Å². The van der Waals surface area contributed by atoms with Crippen LogP contribution in [0.15, 0.2) is 29.1 Å². The molecule has 1 saturated carbocycles. The van der Waals surface area contributed by atoms with Gasteiger partial charge in [0.1, 0.15) is 5.54 Å². The van der Waals surface area contributed by atoms with Crippen LogP contribution < -0.4 is 15.8 Å². The number of carboxylic acid groups (broad SMARTS) is 1. The van der Waals surface area contributed by atoms with Gasteiger partial charge in [0, 0.05) is 44.2 Å². The van der Waals surface area contributed by atoms with Crippen molar-refractivity contribution in [3.63, 3.8) is 0 Å². The molecule has 9 nitrogen and oxygen atoms in total. The van der Waals surface area contributed by atoms with Crippen molar-refractivity contribution in [1.29, 1.82) is 0 Å². The molecule has 1 aliphatic carbocycles. The fourth-order valence-corrected chi connectivity index (χ4v) is 8.26. The first kappa shape index (κ1) is 27.2. The average Bonchev–Trinajstić information content (AvgIpc) is 3.17. The van der Waals surface area contributed by atoms with Crippen LogP contribution in [0.4, 0.5) is 5.82 Å². The molecule has 2 aromatic rings. The van der Waals surface area contributed by atoms with Crippen LogP contribution in [-0.2, 0) is 9.59 Å². The molecule has 6 rings (SSSR count). The van der Waals surface area contributed by atoms with E-state index in [4.69, 9.17) is 4.98 Å². The van der Waals surface area contributed by atoms with E-state index in [0.29, 0.717) is 37.0 Å². The third kappa shape index (κ3) is 5.01. The van der Waals surface area contributed by atoms with Crippen molar-refractivity contribution < 1.29 is 14.7 Å². The number of carboxylic acids is 1. The van der Waals surface area contributed by atoms with Crippen LogP contribution in [0, 0.1) is 0 Å². The van der Waals surface area contributed by atoms with Crippen LogP contribution in [0.25, 0.3) is 11.0 Å². The molecule has 1 amide bonds. The average molecular weight is 550 g/mol. The van der Waals surface area contributed by atoms with Gasteiger partial charge in [0.05, 0.1) is 11.0 Å². The highest BCUT2D eigenvalue weighted by Gasteiger charge is 2.46. The second kappa shape index (κ2) is 11.1. The summed E-state index contributed by atoms with van der Waals surface area (Å²) in [6.07, 6.45) is 14.3. The molecule has 3 aliphatic heterocycles. The Bertz CT molecular complexity index is 1290. The first-order chi connectivity index (χ1) is 19.4. The fourth-order valence-electron chi connectivity index (χ4n) is 8.26. The second-order valence-corrected chi connectivity index (χ2v) is 12.6. The Balaban J connectivity index is 1.28. The summed E-state index contributed by atoms with van der Waals surface area (Å²) in [6, 6.07) is 9.79. The molecular weight excluding hydrogens is 506 g/mol. The molecule has 1 aromatic heterocycles. The molecule has 0 spiro atoms. The molecule has 216 valence electrons. The first-order valence-corrected chi connectivity index (χ1v) is 15.4. The van der Waals surface area contributed by atoms with Crippen molar-refractivity contribution in [2.24, 2.45) is 0 Å². The lowest BCUT2D eigenvalue weighted by atomic mass is 9.87. The van der Waals surface area contributed by atoms with Crippen LogP contribution in [0.3, 0.4) is 0 Å². The first-order valence-electron chi connectivity index (χ1n) is 15.4. The van der Waals surface area contributed by atoms with Crippen molar-refractivity contribution in [3.05, 3.63) is 34.6 Å². The van der Waals surface area contributed by atoms with Gasteiger partial charge in [0.2, 0.25) is 5.91 Å². The van der Waals surface area contributed by atoms with E-state index in [1.54, 1.807) is 0 Å². The third-order valence-electron chi connectivity index (χ3n) is 10.1. The number of nitrogens with one attached hydrogen (secondary N) is 1. The predicted octanol–water partition coefficient (Wildman–Crippen LogP) is 4.24. The number of para-hydroxylation sites is 2. The number of nitrogens with zero attached hydrogens (tertiary/aromatic N) is 4. The van der Waals surface area contributed by atoms with Gasteiger partial charge in [-0.3, -0.25) is 14.5 Å². The number of aromatic nitrogens is 2. The van der Waals surface area contributed by atoms with Crippen LogP contribution in [0.2, 0.25) is 0 Å². The van der Waals surface area contributed by atoms with E-state index in [1.807, 2.05) is 33.7 Å². The number of aliphatic carboxylic acids is 1. The maximum atomic E-state index is 14.2. The van der Waals surface area contributed by atoms with Gasteiger partial charge in [-0.1, -0.05) is 44.2 Å². The third-order valence-corrected chi connectivity index (χ3v) is 10.1. The summed E-state index contributed by atoms with van der Waals surface area (Å²) in [4.78, 5) is 47.6. The maximum Gasteiger partial charge on any atom is 0.329 e. The molecule has 2 bridgehead atoms. The molecule has 40 heavy (non-hydrogen) atoms. The normalized spacial score (nSPS) is 27.7. The number of carbonyl (C=O) groups excluding carboxylic acids is 1. The summed E-state index contributed by atoms with van der Waals surface area (Å²) in [5.41, 5.74) is 0.296. The Morgan fingerprint density at radius 1 is 0.900 bits per heavy atom. The van der Waals surface area contributed by atoms with Gasteiger partial charge in [0.25, 0.3) is 5.56 Å². The van der Waals surface area contributed by atoms with E-state index in [0.717, 1.165) is 23.9 Å². The summed E-state index contributed by atoms with van der Waals surface area (Å²) < 4.78 is 2.02. The summed E-state index contributed by atoms with van der Waals surface area (Å²) in [6.45, 7) is 2.04. The molecule has 3 saturated heterocycles. The Hall–Kier alpha value is -2.94. The lowest BCUT2D eigenvalue weighted by Gasteiger charge is -2.45. The van der Waals surface area contributed by atoms with Gasteiger partial charge in [-0.05, 0) is 63.5 Å².